The monoisotopic (exact) mass is 331 g/mol. The lowest BCUT2D eigenvalue weighted by Gasteiger charge is -2.11. The lowest BCUT2D eigenvalue weighted by atomic mass is 10.1. The van der Waals surface area contributed by atoms with Crippen molar-refractivity contribution in [2.24, 2.45) is 0 Å². The van der Waals surface area contributed by atoms with E-state index < -0.39 is 0 Å². The van der Waals surface area contributed by atoms with E-state index in [9.17, 15) is 0 Å². The number of benzene rings is 3. The molecule has 128 valence electrons. The van der Waals surface area contributed by atoms with Crippen LogP contribution in [0.25, 0.3) is 0 Å². The zero-order valence-electron chi connectivity index (χ0n) is 15.0. The van der Waals surface area contributed by atoms with Gasteiger partial charge in [0.25, 0.3) is 0 Å². The molecule has 3 rings (SSSR count). The Morgan fingerprint density at radius 1 is 0.800 bits per heavy atom. The van der Waals surface area contributed by atoms with Crippen LogP contribution in [-0.2, 0) is 19.6 Å². The topological polar surface area (TPSA) is 21.3 Å². The molecule has 0 aliphatic rings. The van der Waals surface area contributed by atoms with Crippen LogP contribution in [0.3, 0.4) is 0 Å². The van der Waals surface area contributed by atoms with E-state index in [-0.39, 0.29) is 0 Å². The third kappa shape index (κ3) is 4.87. The average molecular weight is 331 g/mol. The molecular weight excluding hydrogens is 306 g/mol. The number of hydrogen-bond donors (Lipinski definition) is 1. The molecule has 0 atom stereocenters. The number of aryl methyl sites for hydroxylation is 2. The Labute approximate surface area is 150 Å². The van der Waals surface area contributed by atoms with E-state index >= 15 is 0 Å². The Hall–Kier alpha value is -2.74. The summed E-state index contributed by atoms with van der Waals surface area (Å²) in [5, 5.41) is 3.52. The molecule has 2 heteroatoms. The number of nitrogens with one attached hydrogen (secondary N) is 1. The first-order valence-electron chi connectivity index (χ1n) is 8.83. The van der Waals surface area contributed by atoms with E-state index in [4.69, 9.17) is 4.74 Å². The van der Waals surface area contributed by atoms with Crippen LogP contribution in [0.4, 0.5) is 5.69 Å². The summed E-state index contributed by atoms with van der Waals surface area (Å²) in [5.74, 6) is 0.901. The summed E-state index contributed by atoms with van der Waals surface area (Å²) in [6, 6.07) is 25.2. The first-order valence-corrected chi connectivity index (χ1v) is 8.83. The lowest BCUT2D eigenvalue weighted by Crippen LogP contribution is -2.02. The molecule has 0 bridgehead atoms. The summed E-state index contributed by atoms with van der Waals surface area (Å²) in [7, 11) is 0. The van der Waals surface area contributed by atoms with Gasteiger partial charge < -0.3 is 10.1 Å². The van der Waals surface area contributed by atoms with Gasteiger partial charge in [-0.1, -0.05) is 67.1 Å². The molecule has 0 saturated heterocycles. The second kappa shape index (κ2) is 8.39. The third-order valence-electron chi connectivity index (χ3n) is 4.33. The molecule has 0 aromatic heterocycles. The van der Waals surface area contributed by atoms with E-state index in [1.807, 2.05) is 12.1 Å². The van der Waals surface area contributed by atoms with E-state index in [2.05, 4.69) is 79.8 Å². The van der Waals surface area contributed by atoms with Gasteiger partial charge in [0.2, 0.25) is 0 Å². The number of hydrogen-bond acceptors (Lipinski definition) is 2. The number of anilines is 1. The molecule has 0 radical (unpaired) electrons. The first kappa shape index (κ1) is 17.1. The highest BCUT2D eigenvalue weighted by Gasteiger charge is 2.01. The maximum Gasteiger partial charge on any atom is 0.119 e. The Balaban J connectivity index is 1.54. The second-order valence-electron chi connectivity index (χ2n) is 6.28. The maximum atomic E-state index is 5.87. The highest BCUT2D eigenvalue weighted by atomic mass is 16.5. The Morgan fingerprint density at radius 3 is 2.20 bits per heavy atom. The summed E-state index contributed by atoms with van der Waals surface area (Å²) < 4.78 is 5.87. The average Bonchev–Trinajstić information content (AvgIpc) is 2.67. The molecule has 1 N–H and O–H groups in total. The van der Waals surface area contributed by atoms with Crippen molar-refractivity contribution >= 4 is 5.69 Å². The van der Waals surface area contributed by atoms with E-state index in [0.29, 0.717) is 6.61 Å². The smallest absolute Gasteiger partial charge is 0.119 e. The predicted octanol–water partition coefficient (Wildman–Crippen LogP) is 5.75. The van der Waals surface area contributed by atoms with Gasteiger partial charge in [-0.05, 0) is 48.2 Å². The molecule has 0 heterocycles. The van der Waals surface area contributed by atoms with Crippen molar-refractivity contribution < 1.29 is 4.74 Å². The van der Waals surface area contributed by atoms with Crippen LogP contribution in [0.15, 0.2) is 72.8 Å². The minimum Gasteiger partial charge on any atom is -0.489 e. The highest BCUT2D eigenvalue weighted by Crippen LogP contribution is 2.18. The van der Waals surface area contributed by atoms with Crippen LogP contribution in [0.2, 0.25) is 0 Å². The Bertz CT molecular complexity index is 791. The fourth-order valence-electron chi connectivity index (χ4n) is 2.75. The predicted molar refractivity (Wildman–Crippen MR) is 105 cm³/mol. The van der Waals surface area contributed by atoms with E-state index in [1.54, 1.807) is 0 Å². The number of para-hydroxylation sites is 1. The van der Waals surface area contributed by atoms with Crippen molar-refractivity contribution in [3.63, 3.8) is 0 Å². The zero-order valence-corrected chi connectivity index (χ0v) is 15.0. The molecule has 0 fully saturated rings. The lowest BCUT2D eigenvalue weighted by molar-refractivity contribution is 0.306. The van der Waals surface area contributed by atoms with Gasteiger partial charge in [0, 0.05) is 12.2 Å². The summed E-state index contributed by atoms with van der Waals surface area (Å²) >= 11 is 0. The Morgan fingerprint density at radius 2 is 1.48 bits per heavy atom. The second-order valence-corrected chi connectivity index (χ2v) is 6.28. The quantitative estimate of drug-likeness (QED) is 0.595. The first-order chi connectivity index (χ1) is 12.2. The largest absolute Gasteiger partial charge is 0.489 e. The Kier molecular flexibility index (Phi) is 5.73. The molecule has 2 nitrogen and oxygen atoms in total. The minimum absolute atomic E-state index is 0.599. The summed E-state index contributed by atoms with van der Waals surface area (Å²) in [6.45, 7) is 5.69. The van der Waals surface area contributed by atoms with Gasteiger partial charge in [-0.2, -0.15) is 0 Å². The number of rotatable bonds is 7. The van der Waals surface area contributed by atoms with Gasteiger partial charge in [0.15, 0.2) is 0 Å². The van der Waals surface area contributed by atoms with Crippen molar-refractivity contribution in [3.05, 3.63) is 95.1 Å². The summed E-state index contributed by atoms with van der Waals surface area (Å²) in [4.78, 5) is 0. The van der Waals surface area contributed by atoms with Crippen LogP contribution in [0, 0.1) is 6.92 Å². The number of ether oxygens (including phenoxy) is 1. The van der Waals surface area contributed by atoms with Crippen molar-refractivity contribution in [1.29, 1.82) is 0 Å². The van der Waals surface area contributed by atoms with Gasteiger partial charge in [-0.3, -0.25) is 0 Å². The van der Waals surface area contributed by atoms with Crippen LogP contribution in [-0.4, -0.2) is 0 Å². The summed E-state index contributed by atoms with van der Waals surface area (Å²) in [6.07, 6.45) is 1.04. The molecule has 0 aliphatic carbocycles. The molecule has 0 spiro atoms. The van der Waals surface area contributed by atoms with Crippen LogP contribution >= 0.6 is 0 Å². The normalized spacial score (nSPS) is 10.5. The van der Waals surface area contributed by atoms with Gasteiger partial charge >= 0.3 is 0 Å². The third-order valence-corrected chi connectivity index (χ3v) is 4.33. The van der Waals surface area contributed by atoms with Crippen LogP contribution < -0.4 is 10.1 Å². The van der Waals surface area contributed by atoms with Gasteiger partial charge in [-0.25, -0.2) is 0 Å². The molecular formula is C23H25NO. The van der Waals surface area contributed by atoms with E-state index in [0.717, 1.165) is 18.7 Å². The fraction of sp³-hybridized carbons (Fsp3) is 0.217. The van der Waals surface area contributed by atoms with E-state index in [1.165, 1.54) is 27.9 Å². The molecule has 0 unspecified atom stereocenters. The summed E-state index contributed by atoms with van der Waals surface area (Å²) in [5.41, 5.74) is 6.26. The van der Waals surface area contributed by atoms with Gasteiger partial charge in [0.05, 0.1) is 0 Å². The minimum atomic E-state index is 0.599. The SMILES string of the molecule is CCc1ccccc1NCc1ccc(OCc2ccc(C)cc2)cc1. The maximum absolute atomic E-state index is 5.87. The molecule has 3 aromatic carbocycles. The highest BCUT2D eigenvalue weighted by molar-refractivity contribution is 5.51. The zero-order chi connectivity index (χ0) is 17.5. The standard InChI is InChI=1S/C23H25NO/c1-3-21-6-4-5-7-23(21)24-16-19-12-14-22(15-13-19)25-17-20-10-8-18(2)9-11-20/h4-15,24H,3,16-17H2,1-2H3. The molecule has 0 aliphatic heterocycles. The molecule has 25 heavy (non-hydrogen) atoms. The van der Waals surface area contributed by atoms with Gasteiger partial charge in [0.1, 0.15) is 12.4 Å². The fourth-order valence-corrected chi connectivity index (χ4v) is 2.75. The van der Waals surface area contributed by atoms with Crippen molar-refractivity contribution in [2.45, 2.75) is 33.4 Å². The van der Waals surface area contributed by atoms with Crippen molar-refractivity contribution in [2.75, 3.05) is 5.32 Å². The van der Waals surface area contributed by atoms with Gasteiger partial charge in [-0.15, -0.1) is 0 Å². The van der Waals surface area contributed by atoms with Crippen LogP contribution in [0.5, 0.6) is 5.75 Å². The van der Waals surface area contributed by atoms with Crippen LogP contribution in [0.1, 0.15) is 29.2 Å². The van der Waals surface area contributed by atoms with Crippen molar-refractivity contribution in [1.82, 2.24) is 0 Å². The molecule has 0 saturated carbocycles. The van der Waals surface area contributed by atoms with Crippen molar-refractivity contribution in [3.8, 4) is 5.75 Å². The molecule has 0 amide bonds. The molecule has 3 aromatic rings.